The molecular weight excluding hydrogens is 350 g/mol. The number of hydrogen-bond acceptors (Lipinski definition) is 6. The van der Waals surface area contributed by atoms with Crippen molar-refractivity contribution in [2.45, 2.75) is 0 Å². The van der Waals surface area contributed by atoms with E-state index < -0.39 is 11.5 Å². The molecule has 4 aromatic rings. The number of rotatable bonds is 2. The summed E-state index contributed by atoms with van der Waals surface area (Å²) in [5, 5.41) is 4.50. The Morgan fingerprint density at radius 3 is 2.85 bits per heavy atom. The van der Waals surface area contributed by atoms with E-state index in [9.17, 15) is 9.59 Å². The molecule has 0 atom stereocenters. The van der Waals surface area contributed by atoms with E-state index in [1.165, 1.54) is 12.4 Å². The number of aromatic nitrogens is 4. The van der Waals surface area contributed by atoms with Gasteiger partial charge < -0.3 is 9.47 Å². The van der Waals surface area contributed by atoms with E-state index in [-0.39, 0.29) is 0 Å². The minimum atomic E-state index is -0.443. The summed E-state index contributed by atoms with van der Waals surface area (Å²) in [5.74, 6) is 0.654. The highest BCUT2D eigenvalue weighted by Crippen LogP contribution is 2.30. The van der Waals surface area contributed by atoms with Gasteiger partial charge in [-0.25, -0.2) is 14.2 Å². The van der Waals surface area contributed by atoms with Crippen LogP contribution in [0.3, 0.4) is 0 Å². The van der Waals surface area contributed by atoms with Crippen LogP contribution in [0.5, 0.6) is 11.5 Å². The van der Waals surface area contributed by atoms with Crippen molar-refractivity contribution < 1.29 is 14.3 Å². The highest BCUT2D eigenvalue weighted by Gasteiger charge is 2.16. The van der Waals surface area contributed by atoms with Gasteiger partial charge in [0.2, 0.25) is 0 Å². The Balaban J connectivity index is 1.50. The Bertz CT molecular complexity index is 1260. The maximum Gasteiger partial charge on any atom is 0.280 e. The van der Waals surface area contributed by atoms with E-state index in [2.05, 4.69) is 15.5 Å². The van der Waals surface area contributed by atoms with Crippen LogP contribution in [-0.4, -0.2) is 38.4 Å². The van der Waals surface area contributed by atoms with Gasteiger partial charge in [0.25, 0.3) is 11.5 Å². The molecule has 0 bridgehead atoms. The molecule has 0 unspecified atom stereocenters. The van der Waals surface area contributed by atoms with Crippen molar-refractivity contribution >= 4 is 22.5 Å². The van der Waals surface area contributed by atoms with Crippen LogP contribution in [0.4, 0.5) is 0 Å². The lowest BCUT2D eigenvalue weighted by molar-refractivity contribution is 0.101. The molecule has 1 amide bonds. The molecule has 0 fully saturated rings. The summed E-state index contributed by atoms with van der Waals surface area (Å²) in [7, 11) is 0. The minimum Gasteiger partial charge on any atom is -0.486 e. The summed E-state index contributed by atoms with van der Waals surface area (Å²) in [6.07, 6.45) is 4.57. The molecule has 1 aliphatic heterocycles. The Kier molecular flexibility index (Phi) is 3.32. The molecule has 9 nitrogen and oxygen atoms in total. The second-order valence-electron chi connectivity index (χ2n) is 5.95. The average Bonchev–Trinajstić information content (AvgIpc) is 3.19. The van der Waals surface area contributed by atoms with Gasteiger partial charge in [-0.15, -0.1) is 0 Å². The van der Waals surface area contributed by atoms with Crippen LogP contribution in [0.2, 0.25) is 0 Å². The topological polar surface area (TPSA) is 99.8 Å². The molecule has 0 saturated carbocycles. The van der Waals surface area contributed by atoms with Gasteiger partial charge in [-0.05, 0) is 24.3 Å². The maximum absolute atomic E-state index is 12.7. The molecule has 1 aromatic carbocycles. The molecule has 0 saturated heterocycles. The van der Waals surface area contributed by atoms with Crippen LogP contribution >= 0.6 is 0 Å². The zero-order chi connectivity index (χ0) is 18.4. The number of nitrogens with one attached hydrogen (secondary N) is 1. The number of ether oxygens (including phenoxy) is 2. The first-order valence-corrected chi connectivity index (χ1v) is 8.26. The van der Waals surface area contributed by atoms with E-state index in [4.69, 9.17) is 9.47 Å². The highest BCUT2D eigenvalue weighted by atomic mass is 16.6. The van der Waals surface area contributed by atoms with Gasteiger partial charge in [0.1, 0.15) is 13.2 Å². The minimum absolute atomic E-state index is 0.344. The summed E-state index contributed by atoms with van der Waals surface area (Å²) in [6.45, 7) is 0.902. The van der Waals surface area contributed by atoms with E-state index in [1.807, 2.05) is 0 Å². The molecule has 0 spiro atoms. The number of fused-ring (bicyclic) bond motifs is 4. The van der Waals surface area contributed by atoms with Crippen LogP contribution < -0.4 is 20.5 Å². The lowest BCUT2D eigenvalue weighted by Crippen LogP contribution is -2.33. The van der Waals surface area contributed by atoms with E-state index in [0.29, 0.717) is 46.8 Å². The highest BCUT2D eigenvalue weighted by molar-refractivity contribution is 6.00. The molecule has 27 heavy (non-hydrogen) atoms. The number of carbonyl (C=O) groups excluding carboxylic acids is 1. The van der Waals surface area contributed by atoms with Gasteiger partial charge >= 0.3 is 0 Å². The third-order valence-corrected chi connectivity index (χ3v) is 4.31. The molecule has 3 aromatic heterocycles. The zero-order valence-electron chi connectivity index (χ0n) is 14.0. The number of amides is 1. The van der Waals surface area contributed by atoms with Crippen molar-refractivity contribution in [3.63, 3.8) is 0 Å². The predicted octanol–water partition coefficient (Wildman–Crippen LogP) is 1.20. The van der Waals surface area contributed by atoms with Gasteiger partial charge in [-0.3, -0.25) is 15.0 Å². The molecule has 9 heteroatoms. The van der Waals surface area contributed by atoms with E-state index in [0.717, 1.165) is 4.68 Å². The summed E-state index contributed by atoms with van der Waals surface area (Å²) >= 11 is 0. The number of pyridine rings is 1. The molecule has 1 N–H and O–H groups in total. The Hall–Kier alpha value is -3.88. The Morgan fingerprint density at radius 2 is 1.96 bits per heavy atom. The lowest BCUT2D eigenvalue weighted by Gasteiger charge is -2.18. The Labute approximate surface area is 151 Å². The van der Waals surface area contributed by atoms with Gasteiger partial charge in [0, 0.05) is 24.0 Å². The van der Waals surface area contributed by atoms with Crippen molar-refractivity contribution in [1.82, 2.24) is 19.3 Å². The standard InChI is InChI=1S/C18H13N5O4/c24-17(11-1-2-14-15(9-11)27-8-7-26-14)21-22-6-4-13-12(18(22)25)10-19-16-3-5-20-23(13)16/h1-6,9-10H,7-8H2,(H,21,24). The average molecular weight is 363 g/mol. The third kappa shape index (κ3) is 2.48. The van der Waals surface area contributed by atoms with Crippen molar-refractivity contribution in [2.24, 2.45) is 0 Å². The van der Waals surface area contributed by atoms with Crippen molar-refractivity contribution in [2.75, 3.05) is 18.6 Å². The molecule has 5 rings (SSSR count). The summed E-state index contributed by atoms with van der Waals surface area (Å²) in [4.78, 5) is 29.5. The first-order valence-electron chi connectivity index (χ1n) is 8.26. The zero-order valence-corrected chi connectivity index (χ0v) is 14.0. The fourth-order valence-corrected chi connectivity index (χ4v) is 3.01. The molecule has 134 valence electrons. The fraction of sp³-hybridized carbons (Fsp3) is 0.111. The summed E-state index contributed by atoms with van der Waals surface area (Å²) in [5.41, 5.74) is 3.78. The maximum atomic E-state index is 12.7. The van der Waals surface area contributed by atoms with E-state index >= 15 is 0 Å². The summed E-state index contributed by atoms with van der Waals surface area (Å²) in [6, 6.07) is 8.32. The number of hydrogen-bond donors (Lipinski definition) is 1. The molecule has 0 radical (unpaired) electrons. The normalized spacial score (nSPS) is 13.0. The monoisotopic (exact) mass is 363 g/mol. The quantitative estimate of drug-likeness (QED) is 0.574. The van der Waals surface area contributed by atoms with Crippen molar-refractivity contribution in [3.05, 3.63) is 64.8 Å². The fourth-order valence-electron chi connectivity index (χ4n) is 3.01. The smallest absolute Gasteiger partial charge is 0.280 e. The van der Waals surface area contributed by atoms with Crippen LogP contribution in [-0.2, 0) is 0 Å². The number of nitrogens with zero attached hydrogens (tertiary/aromatic N) is 4. The van der Waals surface area contributed by atoms with Crippen LogP contribution in [0.25, 0.3) is 16.6 Å². The van der Waals surface area contributed by atoms with Crippen LogP contribution in [0.15, 0.2) is 53.7 Å². The molecular formula is C18H13N5O4. The van der Waals surface area contributed by atoms with Gasteiger partial charge in [-0.2, -0.15) is 5.10 Å². The van der Waals surface area contributed by atoms with Gasteiger partial charge in [-0.1, -0.05) is 0 Å². The first-order chi connectivity index (χ1) is 13.2. The second kappa shape index (κ2) is 5.84. The SMILES string of the molecule is O=C(Nn1ccc2c(cnc3ccnn32)c1=O)c1ccc2c(c1)OCCO2. The predicted molar refractivity (Wildman–Crippen MR) is 95.9 cm³/mol. The number of carbonyl (C=O) groups is 1. The van der Waals surface area contributed by atoms with Crippen LogP contribution in [0, 0.1) is 0 Å². The molecule has 0 aliphatic carbocycles. The lowest BCUT2D eigenvalue weighted by atomic mass is 10.2. The molecule has 4 heterocycles. The van der Waals surface area contributed by atoms with E-state index in [1.54, 1.807) is 41.0 Å². The Morgan fingerprint density at radius 1 is 1.11 bits per heavy atom. The third-order valence-electron chi connectivity index (χ3n) is 4.31. The van der Waals surface area contributed by atoms with Crippen LogP contribution in [0.1, 0.15) is 10.4 Å². The first kappa shape index (κ1) is 15.4. The largest absolute Gasteiger partial charge is 0.486 e. The summed E-state index contributed by atoms with van der Waals surface area (Å²) < 4.78 is 13.6. The van der Waals surface area contributed by atoms with Crippen molar-refractivity contribution in [3.8, 4) is 11.5 Å². The molecule has 1 aliphatic rings. The van der Waals surface area contributed by atoms with Gasteiger partial charge in [0.05, 0.1) is 17.1 Å². The second-order valence-corrected chi connectivity index (χ2v) is 5.95. The number of benzene rings is 1. The van der Waals surface area contributed by atoms with Gasteiger partial charge in [0.15, 0.2) is 17.1 Å². The van der Waals surface area contributed by atoms with Crippen molar-refractivity contribution in [1.29, 1.82) is 0 Å².